The largest absolute Gasteiger partial charge is 0.317 e. The molecule has 3 rings (SSSR count). The van der Waals surface area contributed by atoms with Crippen LogP contribution in [0.1, 0.15) is 25.7 Å². The standard InChI is InChI=1S/C16H21FN4O.ClH/c1-21-14-4-3-12(17)10-13(14)19-16(21)20-15(22)5-2-11-6-8-18-9-7-11;/h3-4,10-11,18H,2,5-9H2,1H3,(H,19,20,22);1H. The van der Waals surface area contributed by atoms with E-state index in [-0.39, 0.29) is 24.1 Å². The molecule has 1 amide bonds. The third kappa shape index (κ3) is 4.20. The summed E-state index contributed by atoms with van der Waals surface area (Å²) < 4.78 is 15.0. The molecule has 0 aliphatic carbocycles. The van der Waals surface area contributed by atoms with E-state index < -0.39 is 0 Å². The van der Waals surface area contributed by atoms with Crippen LogP contribution in [0, 0.1) is 11.7 Å². The molecule has 2 aromatic rings. The molecule has 0 unspecified atom stereocenters. The van der Waals surface area contributed by atoms with Crippen molar-refractivity contribution in [3.05, 3.63) is 24.0 Å². The van der Waals surface area contributed by atoms with Crippen molar-refractivity contribution in [2.75, 3.05) is 18.4 Å². The number of aryl methyl sites for hydroxylation is 1. The summed E-state index contributed by atoms with van der Waals surface area (Å²) in [5.74, 6) is 0.740. The highest BCUT2D eigenvalue weighted by Gasteiger charge is 2.16. The zero-order chi connectivity index (χ0) is 15.5. The van der Waals surface area contributed by atoms with Gasteiger partial charge in [0.1, 0.15) is 5.82 Å². The number of nitrogens with zero attached hydrogens (tertiary/aromatic N) is 2. The van der Waals surface area contributed by atoms with Gasteiger partial charge in [-0.25, -0.2) is 9.37 Å². The van der Waals surface area contributed by atoms with Gasteiger partial charge in [0.25, 0.3) is 0 Å². The molecule has 1 saturated heterocycles. The molecule has 7 heteroatoms. The lowest BCUT2D eigenvalue weighted by atomic mass is 9.93. The van der Waals surface area contributed by atoms with Crippen LogP contribution in [0.5, 0.6) is 0 Å². The Bertz CT molecular complexity index is 682. The van der Waals surface area contributed by atoms with Gasteiger partial charge in [0, 0.05) is 19.5 Å². The van der Waals surface area contributed by atoms with Crippen LogP contribution in [0.25, 0.3) is 11.0 Å². The number of nitrogens with one attached hydrogen (secondary N) is 2. The van der Waals surface area contributed by atoms with Gasteiger partial charge >= 0.3 is 0 Å². The second kappa shape index (κ2) is 7.75. The zero-order valence-corrected chi connectivity index (χ0v) is 14.0. The Hall–Kier alpha value is -1.66. The van der Waals surface area contributed by atoms with E-state index in [1.807, 2.05) is 7.05 Å². The third-order valence-corrected chi connectivity index (χ3v) is 4.33. The van der Waals surface area contributed by atoms with E-state index in [4.69, 9.17) is 0 Å². The summed E-state index contributed by atoms with van der Waals surface area (Å²) in [5, 5.41) is 6.16. The monoisotopic (exact) mass is 340 g/mol. The lowest BCUT2D eigenvalue weighted by Crippen LogP contribution is -2.28. The zero-order valence-electron chi connectivity index (χ0n) is 13.1. The Morgan fingerprint density at radius 1 is 1.43 bits per heavy atom. The van der Waals surface area contributed by atoms with Gasteiger partial charge in [-0.05, 0) is 50.4 Å². The molecule has 2 heterocycles. The maximum Gasteiger partial charge on any atom is 0.226 e. The van der Waals surface area contributed by atoms with E-state index in [0.717, 1.165) is 37.9 Å². The summed E-state index contributed by atoms with van der Waals surface area (Å²) >= 11 is 0. The maximum atomic E-state index is 13.2. The highest BCUT2D eigenvalue weighted by Crippen LogP contribution is 2.21. The number of amides is 1. The summed E-state index contributed by atoms with van der Waals surface area (Å²) in [5.41, 5.74) is 1.35. The van der Waals surface area contributed by atoms with Crippen LogP contribution in [0.15, 0.2) is 18.2 Å². The molecule has 5 nitrogen and oxygen atoms in total. The number of hydrogen-bond acceptors (Lipinski definition) is 3. The summed E-state index contributed by atoms with van der Waals surface area (Å²) in [6, 6.07) is 4.44. The van der Waals surface area contributed by atoms with Crippen molar-refractivity contribution in [2.45, 2.75) is 25.7 Å². The van der Waals surface area contributed by atoms with Crippen molar-refractivity contribution in [3.63, 3.8) is 0 Å². The molecular formula is C16H22ClFN4O. The van der Waals surface area contributed by atoms with Gasteiger partial charge in [0.05, 0.1) is 11.0 Å². The summed E-state index contributed by atoms with van der Waals surface area (Å²) in [7, 11) is 1.82. The predicted octanol–water partition coefficient (Wildman–Crippen LogP) is 2.85. The summed E-state index contributed by atoms with van der Waals surface area (Å²) in [6.07, 6.45) is 3.69. The molecular weight excluding hydrogens is 319 g/mol. The van der Waals surface area contributed by atoms with E-state index in [1.54, 1.807) is 10.6 Å². The fourth-order valence-corrected chi connectivity index (χ4v) is 2.98. The molecule has 1 aliphatic heterocycles. The van der Waals surface area contributed by atoms with Crippen LogP contribution in [0.2, 0.25) is 0 Å². The molecule has 2 N–H and O–H groups in total. The summed E-state index contributed by atoms with van der Waals surface area (Å²) in [6.45, 7) is 2.09. The highest BCUT2D eigenvalue weighted by atomic mass is 35.5. The number of rotatable bonds is 4. The van der Waals surface area contributed by atoms with Crippen molar-refractivity contribution in [2.24, 2.45) is 13.0 Å². The smallest absolute Gasteiger partial charge is 0.226 e. The molecule has 0 spiro atoms. The minimum Gasteiger partial charge on any atom is -0.317 e. The van der Waals surface area contributed by atoms with E-state index in [9.17, 15) is 9.18 Å². The molecule has 0 bridgehead atoms. The van der Waals surface area contributed by atoms with E-state index >= 15 is 0 Å². The molecule has 1 aliphatic rings. The Morgan fingerprint density at radius 3 is 2.91 bits per heavy atom. The third-order valence-electron chi connectivity index (χ3n) is 4.33. The molecule has 1 aromatic carbocycles. The number of aromatic nitrogens is 2. The van der Waals surface area contributed by atoms with Crippen LogP contribution in [-0.4, -0.2) is 28.5 Å². The molecule has 1 aromatic heterocycles. The van der Waals surface area contributed by atoms with Crippen LogP contribution >= 0.6 is 12.4 Å². The number of hydrogen-bond donors (Lipinski definition) is 2. The first kappa shape index (κ1) is 17.7. The first-order valence-electron chi connectivity index (χ1n) is 7.76. The minimum absolute atomic E-state index is 0. The van der Waals surface area contributed by atoms with E-state index in [1.165, 1.54) is 12.1 Å². The van der Waals surface area contributed by atoms with Gasteiger partial charge in [-0.1, -0.05) is 0 Å². The first-order chi connectivity index (χ1) is 10.6. The Balaban J connectivity index is 0.00000192. The van der Waals surface area contributed by atoms with Gasteiger partial charge in [-0.15, -0.1) is 12.4 Å². The number of carbonyl (C=O) groups excluding carboxylic acids is 1. The van der Waals surface area contributed by atoms with Crippen molar-refractivity contribution >= 4 is 35.3 Å². The van der Waals surface area contributed by atoms with Gasteiger partial charge < -0.3 is 9.88 Å². The molecule has 23 heavy (non-hydrogen) atoms. The molecule has 0 saturated carbocycles. The van der Waals surface area contributed by atoms with E-state index in [2.05, 4.69) is 15.6 Å². The Labute approximate surface area is 141 Å². The minimum atomic E-state index is -0.325. The summed E-state index contributed by atoms with van der Waals surface area (Å²) in [4.78, 5) is 16.4. The van der Waals surface area contributed by atoms with Gasteiger partial charge in [0.15, 0.2) is 0 Å². The van der Waals surface area contributed by atoms with Crippen LogP contribution in [-0.2, 0) is 11.8 Å². The molecule has 0 radical (unpaired) electrons. The molecule has 0 atom stereocenters. The lowest BCUT2D eigenvalue weighted by molar-refractivity contribution is -0.116. The Kier molecular flexibility index (Phi) is 5.96. The number of carbonyl (C=O) groups is 1. The average molecular weight is 341 g/mol. The quantitative estimate of drug-likeness (QED) is 0.899. The first-order valence-corrected chi connectivity index (χ1v) is 7.76. The maximum absolute atomic E-state index is 13.2. The Morgan fingerprint density at radius 2 is 2.17 bits per heavy atom. The van der Waals surface area contributed by atoms with Crippen molar-refractivity contribution in [1.29, 1.82) is 0 Å². The SMILES string of the molecule is Cl.Cn1c(NC(=O)CCC2CCNCC2)nc2cc(F)ccc21. The van der Waals surface area contributed by atoms with Crippen LogP contribution < -0.4 is 10.6 Å². The number of fused-ring (bicyclic) bond motifs is 1. The molecule has 1 fully saturated rings. The topological polar surface area (TPSA) is 59.0 Å². The van der Waals surface area contributed by atoms with Crippen LogP contribution in [0.3, 0.4) is 0 Å². The lowest BCUT2D eigenvalue weighted by Gasteiger charge is -2.22. The van der Waals surface area contributed by atoms with Gasteiger partial charge in [-0.3, -0.25) is 10.1 Å². The van der Waals surface area contributed by atoms with Gasteiger partial charge in [0.2, 0.25) is 11.9 Å². The highest BCUT2D eigenvalue weighted by molar-refractivity contribution is 5.91. The second-order valence-corrected chi connectivity index (χ2v) is 5.91. The van der Waals surface area contributed by atoms with Crippen molar-refractivity contribution in [3.8, 4) is 0 Å². The van der Waals surface area contributed by atoms with E-state index in [0.29, 0.717) is 23.8 Å². The van der Waals surface area contributed by atoms with Gasteiger partial charge in [-0.2, -0.15) is 0 Å². The van der Waals surface area contributed by atoms with Crippen LogP contribution in [0.4, 0.5) is 10.3 Å². The molecule has 126 valence electrons. The predicted molar refractivity (Wildman–Crippen MR) is 91.4 cm³/mol. The second-order valence-electron chi connectivity index (χ2n) is 5.91. The fraction of sp³-hybridized carbons (Fsp3) is 0.500. The number of piperidine rings is 1. The normalized spacial score (nSPS) is 15.4. The average Bonchev–Trinajstić information content (AvgIpc) is 2.82. The van der Waals surface area contributed by atoms with Crippen molar-refractivity contribution < 1.29 is 9.18 Å². The number of benzene rings is 1. The fourth-order valence-electron chi connectivity index (χ4n) is 2.98. The number of anilines is 1. The van der Waals surface area contributed by atoms with Crippen molar-refractivity contribution in [1.82, 2.24) is 14.9 Å². The number of imidazole rings is 1. The number of halogens is 2.